The minimum atomic E-state index is -0.113. The molecule has 1 heterocycles. The number of benzene rings is 2. The summed E-state index contributed by atoms with van der Waals surface area (Å²) in [4.78, 5) is 28.7. The Hall–Kier alpha value is -2.86. The number of anilines is 1. The number of carbonyl (C=O) groups is 2. The zero-order valence-electron chi connectivity index (χ0n) is 16.3. The topological polar surface area (TPSA) is 61.9 Å². The quantitative estimate of drug-likeness (QED) is 0.714. The van der Waals surface area contributed by atoms with E-state index in [1.54, 1.807) is 24.1 Å². The first-order valence-electron chi connectivity index (χ1n) is 9.66. The van der Waals surface area contributed by atoms with Crippen LogP contribution in [0.1, 0.15) is 28.8 Å². The first-order valence-corrected chi connectivity index (χ1v) is 9.66. The molecule has 3 amide bonds. The Morgan fingerprint density at radius 3 is 2.54 bits per heavy atom. The van der Waals surface area contributed by atoms with Gasteiger partial charge in [-0.3, -0.25) is 9.69 Å². The van der Waals surface area contributed by atoms with Gasteiger partial charge < -0.3 is 15.0 Å². The number of rotatable bonds is 8. The van der Waals surface area contributed by atoms with Crippen LogP contribution in [-0.4, -0.2) is 50.2 Å². The van der Waals surface area contributed by atoms with Crippen LogP contribution in [0.15, 0.2) is 54.6 Å². The Morgan fingerprint density at radius 1 is 1.07 bits per heavy atom. The second kappa shape index (κ2) is 9.90. The highest BCUT2D eigenvalue weighted by atomic mass is 16.5. The number of amides is 3. The number of urea groups is 1. The average molecular weight is 381 g/mol. The number of nitrogens with one attached hydrogen (secondary N) is 1. The molecule has 0 radical (unpaired) electrons. The lowest BCUT2D eigenvalue weighted by Gasteiger charge is -2.35. The second-order valence-electron chi connectivity index (χ2n) is 6.84. The monoisotopic (exact) mass is 381 g/mol. The van der Waals surface area contributed by atoms with E-state index < -0.39 is 0 Å². The number of hydrogen-bond acceptors (Lipinski definition) is 3. The third-order valence-corrected chi connectivity index (χ3v) is 4.78. The smallest absolute Gasteiger partial charge is 0.324 e. The fraction of sp³-hybridized carbons (Fsp3) is 0.364. The lowest BCUT2D eigenvalue weighted by molar-refractivity contribution is 0.0948. The van der Waals surface area contributed by atoms with Gasteiger partial charge in [-0.25, -0.2) is 4.79 Å². The lowest BCUT2D eigenvalue weighted by atomic mass is 10.1. The number of ether oxygens (including phenoxy) is 1. The summed E-state index contributed by atoms with van der Waals surface area (Å²) in [7, 11) is 1.64. The molecule has 0 unspecified atom stereocenters. The van der Waals surface area contributed by atoms with Crippen molar-refractivity contribution in [3.8, 4) is 0 Å². The van der Waals surface area contributed by atoms with Crippen LogP contribution in [0.4, 0.5) is 10.5 Å². The fourth-order valence-corrected chi connectivity index (χ4v) is 3.28. The Labute approximate surface area is 166 Å². The molecule has 0 bridgehead atoms. The van der Waals surface area contributed by atoms with Crippen LogP contribution in [0.3, 0.4) is 0 Å². The second-order valence-corrected chi connectivity index (χ2v) is 6.84. The molecule has 0 aliphatic carbocycles. The van der Waals surface area contributed by atoms with E-state index in [4.69, 9.17) is 4.74 Å². The summed E-state index contributed by atoms with van der Waals surface area (Å²) in [5, 5.41) is 2.87. The van der Waals surface area contributed by atoms with E-state index in [0.29, 0.717) is 31.8 Å². The van der Waals surface area contributed by atoms with Gasteiger partial charge in [0, 0.05) is 51.1 Å². The normalized spacial score (nSPS) is 14.2. The van der Waals surface area contributed by atoms with Crippen molar-refractivity contribution in [1.82, 2.24) is 10.2 Å². The van der Waals surface area contributed by atoms with Crippen LogP contribution >= 0.6 is 0 Å². The van der Waals surface area contributed by atoms with E-state index in [1.165, 1.54) is 0 Å². The van der Waals surface area contributed by atoms with Crippen molar-refractivity contribution in [2.24, 2.45) is 0 Å². The van der Waals surface area contributed by atoms with Gasteiger partial charge in [0.15, 0.2) is 0 Å². The van der Waals surface area contributed by atoms with Crippen molar-refractivity contribution in [1.29, 1.82) is 0 Å². The van der Waals surface area contributed by atoms with E-state index in [-0.39, 0.29) is 11.9 Å². The van der Waals surface area contributed by atoms with E-state index >= 15 is 0 Å². The molecule has 0 atom stereocenters. The molecule has 6 heteroatoms. The SMILES string of the molecule is COCCCNC(=O)c1ccc(N2CCCN(Cc3ccccc3)C2=O)cc1. The minimum Gasteiger partial charge on any atom is -0.385 e. The molecule has 3 rings (SSSR count). The molecule has 1 saturated heterocycles. The van der Waals surface area contributed by atoms with Crippen LogP contribution in [0.25, 0.3) is 0 Å². The third-order valence-electron chi connectivity index (χ3n) is 4.78. The molecule has 28 heavy (non-hydrogen) atoms. The molecule has 1 aliphatic heterocycles. The van der Waals surface area contributed by atoms with Crippen LogP contribution in [0, 0.1) is 0 Å². The summed E-state index contributed by atoms with van der Waals surface area (Å²) in [6, 6.07) is 17.2. The zero-order chi connectivity index (χ0) is 19.8. The summed E-state index contributed by atoms with van der Waals surface area (Å²) in [5.74, 6) is -0.113. The van der Waals surface area contributed by atoms with Crippen molar-refractivity contribution in [3.05, 3.63) is 65.7 Å². The highest BCUT2D eigenvalue weighted by Gasteiger charge is 2.26. The number of hydrogen-bond donors (Lipinski definition) is 1. The van der Waals surface area contributed by atoms with Gasteiger partial charge in [-0.05, 0) is 42.7 Å². The van der Waals surface area contributed by atoms with E-state index in [0.717, 1.165) is 30.6 Å². The minimum absolute atomic E-state index is 0.00636. The predicted octanol–water partition coefficient (Wildman–Crippen LogP) is 3.29. The molecule has 1 aliphatic rings. The summed E-state index contributed by atoms with van der Waals surface area (Å²) in [6.45, 7) is 3.25. The van der Waals surface area contributed by atoms with Crippen molar-refractivity contribution in [2.75, 3.05) is 38.3 Å². The van der Waals surface area contributed by atoms with Crippen molar-refractivity contribution < 1.29 is 14.3 Å². The number of methoxy groups -OCH3 is 1. The maximum Gasteiger partial charge on any atom is 0.324 e. The van der Waals surface area contributed by atoms with Gasteiger partial charge >= 0.3 is 6.03 Å². The van der Waals surface area contributed by atoms with Gasteiger partial charge in [0.25, 0.3) is 5.91 Å². The first-order chi connectivity index (χ1) is 13.7. The Bertz CT molecular complexity index is 777. The molecule has 0 aromatic heterocycles. The maximum atomic E-state index is 12.9. The van der Waals surface area contributed by atoms with E-state index in [2.05, 4.69) is 5.32 Å². The lowest BCUT2D eigenvalue weighted by Crippen LogP contribution is -2.49. The fourth-order valence-electron chi connectivity index (χ4n) is 3.28. The first kappa shape index (κ1) is 19.9. The van der Waals surface area contributed by atoms with E-state index in [1.807, 2.05) is 47.4 Å². The van der Waals surface area contributed by atoms with E-state index in [9.17, 15) is 9.59 Å². The summed E-state index contributed by atoms with van der Waals surface area (Å²) in [6.07, 6.45) is 1.69. The Morgan fingerprint density at radius 2 is 1.82 bits per heavy atom. The van der Waals surface area contributed by atoms with Crippen molar-refractivity contribution >= 4 is 17.6 Å². The van der Waals surface area contributed by atoms with Gasteiger partial charge in [0.05, 0.1) is 0 Å². The molecular weight excluding hydrogens is 354 g/mol. The molecule has 6 nitrogen and oxygen atoms in total. The highest BCUT2D eigenvalue weighted by molar-refractivity contribution is 5.96. The maximum absolute atomic E-state index is 12.9. The average Bonchev–Trinajstić information content (AvgIpc) is 2.73. The molecule has 2 aromatic carbocycles. The molecule has 0 saturated carbocycles. The van der Waals surface area contributed by atoms with Crippen LogP contribution in [-0.2, 0) is 11.3 Å². The molecule has 0 spiro atoms. The summed E-state index contributed by atoms with van der Waals surface area (Å²) in [5.41, 5.74) is 2.53. The zero-order valence-corrected chi connectivity index (χ0v) is 16.3. The van der Waals surface area contributed by atoms with Crippen LogP contribution in [0.2, 0.25) is 0 Å². The third kappa shape index (κ3) is 5.10. The standard InChI is InChI=1S/C22H27N3O3/c1-28-16-5-13-23-21(26)19-9-11-20(12-10-19)25-15-6-14-24(22(25)27)17-18-7-3-2-4-8-18/h2-4,7-12H,5-6,13-17H2,1H3,(H,23,26). The molecule has 2 aromatic rings. The molecule has 1 fully saturated rings. The summed E-state index contributed by atoms with van der Waals surface area (Å²) >= 11 is 0. The number of nitrogens with zero attached hydrogens (tertiary/aromatic N) is 2. The van der Waals surface area contributed by atoms with Crippen LogP contribution in [0.5, 0.6) is 0 Å². The van der Waals surface area contributed by atoms with Crippen molar-refractivity contribution in [3.63, 3.8) is 0 Å². The Kier molecular flexibility index (Phi) is 7.03. The largest absolute Gasteiger partial charge is 0.385 e. The van der Waals surface area contributed by atoms with Gasteiger partial charge in [-0.2, -0.15) is 0 Å². The molecule has 148 valence electrons. The van der Waals surface area contributed by atoms with Gasteiger partial charge in [-0.1, -0.05) is 30.3 Å². The predicted molar refractivity (Wildman–Crippen MR) is 109 cm³/mol. The highest BCUT2D eigenvalue weighted by Crippen LogP contribution is 2.22. The summed E-state index contributed by atoms with van der Waals surface area (Å²) < 4.78 is 4.98. The van der Waals surface area contributed by atoms with Crippen LogP contribution < -0.4 is 10.2 Å². The molecular formula is C22H27N3O3. The van der Waals surface area contributed by atoms with Crippen molar-refractivity contribution in [2.45, 2.75) is 19.4 Å². The Balaban J connectivity index is 1.61. The number of carbonyl (C=O) groups excluding carboxylic acids is 2. The van der Waals surface area contributed by atoms with Gasteiger partial charge in [-0.15, -0.1) is 0 Å². The van der Waals surface area contributed by atoms with Gasteiger partial charge in [0.1, 0.15) is 0 Å². The molecule has 1 N–H and O–H groups in total. The van der Waals surface area contributed by atoms with Gasteiger partial charge in [0.2, 0.25) is 0 Å².